The second kappa shape index (κ2) is 19.7. The first kappa shape index (κ1) is 34.9. The van der Waals surface area contributed by atoms with Crippen molar-refractivity contribution in [1.82, 2.24) is 10.3 Å². The largest absolute Gasteiger partial charge is 0.370 e. The lowest BCUT2D eigenvalue weighted by Gasteiger charge is -2.24. The topological polar surface area (TPSA) is 122 Å². The number of guanidine groups is 1. The van der Waals surface area contributed by atoms with Crippen molar-refractivity contribution in [3.8, 4) is 0 Å². The highest BCUT2D eigenvalue weighted by Crippen LogP contribution is 2.21. The molecule has 5 N–H and O–H groups in total. The zero-order chi connectivity index (χ0) is 31.5. The Bertz CT molecular complexity index is 1460. The van der Waals surface area contributed by atoms with Crippen LogP contribution in [0.4, 0.5) is 5.82 Å². The lowest BCUT2D eigenvalue weighted by atomic mass is 10.2. The summed E-state index contributed by atoms with van der Waals surface area (Å²) in [5.41, 5.74) is 14.0. The van der Waals surface area contributed by atoms with Gasteiger partial charge in [-0.2, -0.15) is 0 Å². The van der Waals surface area contributed by atoms with Crippen LogP contribution in [0.3, 0.4) is 0 Å². The number of pyridine rings is 1. The minimum Gasteiger partial charge on any atom is -0.370 e. The Balaban J connectivity index is 0.000000631. The van der Waals surface area contributed by atoms with Crippen molar-refractivity contribution >= 4 is 51.2 Å². The van der Waals surface area contributed by atoms with Crippen LogP contribution in [-0.2, 0) is 6.54 Å². The summed E-state index contributed by atoms with van der Waals surface area (Å²) in [5, 5.41) is 3.75. The first-order chi connectivity index (χ1) is 20.9. The molecule has 0 atom stereocenters. The van der Waals surface area contributed by atoms with E-state index in [4.69, 9.17) is 10.7 Å². The summed E-state index contributed by atoms with van der Waals surface area (Å²) in [6.07, 6.45) is 2.84. The molecule has 43 heavy (non-hydrogen) atoms. The minimum absolute atomic E-state index is 0.122. The van der Waals surface area contributed by atoms with E-state index in [1.807, 2.05) is 48.5 Å². The van der Waals surface area contributed by atoms with E-state index >= 15 is 0 Å². The molecule has 9 heteroatoms. The average Bonchev–Trinajstić information content (AvgIpc) is 3.05. The molecule has 8 nitrogen and oxygen atoms in total. The fourth-order valence-corrected chi connectivity index (χ4v) is 4.23. The molecule has 0 aliphatic heterocycles. The van der Waals surface area contributed by atoms with Crippen LogP contribution in [-0.4, -0.2) is 43.7 Å². The van der Waals surface area contributed by atoms with Gasteiger partial charge in [0.2, 0.25) is 0 Å². The molecular weight excluding hydrogens is 602 g/mol. The number of carbonyl (C=O) groups is 1. The number of amides is 1. The van der Waals surface area contributed by atoms with Crippen molar-refractivity contribution in [3.63, 3.8) is 0 Å². The highest BCUT2D eigenvalue weighted by atomic mass is 79.9. The molecule has 1 amide bonds. The zero-order valence-electron chi connectivity index (χ0n) is 25.0. The van der Waals surface area contributed by atoms with E-state index in [1.165, 1.54) is 12.6 Å². The second-order valence-corrected chi connectivity index (χ2v) is 10.2. The Morgan fingerprint density at radius 2 is 1.65 bits per heavy atom. The predicted molar refractivity (Wildman–Crippen MR) is 186 cm³/mol. The van der Waals surface area contributed by atoms with Gasteiger partial charge in [0.15, 0.2) is 5.96 Å². The summed E-state index contributed by atoms with van der Waals surface area (Å²) in [6.45, 7) is 11.0. The van der Waals surface area contributed by atoms with Crippen LogP contribution in [0.15, 0.2) is 118 Å². The summed E-state index contributed by atoms with van der Waals surface area (Å²) < 4.78 is 1.05. The number of halogens is 1. The first-order valence-electron chi connectivity index (χ1n) is 14.1. The molecule has 0 saturated carbocycles. The number of anilines is 1. The molecule has 0 aliphatic rings. The maximum atomic E-state index is 12.2. The fourth-order valence-electron chi connectivity index (χ4n) is 3.96. The standard InChI is InChI=1S/C27H26BrN5O.C6H11N.CH5N/c28-23-14-11-20(12-15-23)19-33(25-16-13-21-7-4-5-10-24(21)31-25)18-6-17-30-27(29)32-26(34)22-8-2-1-3-9-22;1-4-5-6(2)7-3;1-2/h1-5,7-16H,6,17-19H2,(H3,29,30,32,34);2-5H2,1H3;2H2,1H3. The number of hydrogen-bond donors (Lipinski definition) is 3. The summed E-state index contributed by atoms with van der Waals surface area (Å²) in [4.78, 5) is 27.3. The third-order valence-corrected chi connectivity index (χ3v) is 6.63. The maximum absolute atomic E-state index is 12.2. The van der Waals surface area contributed by atoms with Gasteiger partial charge in [0, 0.05) is 40.8 Å². The SMILES string of the molecule is C=NC(=C)CCC.CN.NC(=NCCCN(Cc1ccc(Br)cc1)c1ccc2ccccc2n1)NC(=O)c1ccccc1. The molecule has 0 radical (unpaired) electrons. The Labute approximate surface area is 263 Å². The number of para-hydroxylation sites is 1. The molecule has 0 unspecified atom stereocenters. The van der Waals surface area contributed by atoms with Crippen LogP contribution in [0.5, 0.6) is 0 Å². The highest BCUT2D eigenvalue weighted by Gasteiger charge is 2.11. The Morgan fingerprint density at radius 3 is 2.30 bits per heavy atom. The molecule has 0 saturated heterocycles. The molecule has 0 aliphatic carbocycles. The van der Waals surface area contributed by atoms with Crippen LogP contribution >= 0.6 is 15.9 Å². The molecule has 0 fully saturated rings. The van der Waals surface area contributed by atoms with Crippen molar-refractivity contribution in [2.75, 3.05) is 25.0 Å². The summed E-state index contributed by atoms with van der Waals surface area (Å²) in [6, 6.07) is 29.5. The molecule has 226 valence electrons. The molecule has 4 rings (SSSR count). The molecule has 0 bridgehead atoms. The van der Waals surface area contributed by atoms with Crippen LogP contribution in [0, 0.1) is 0 Å². The predicted octanol–water partition coefficient (Wildman–Crippen LogP) is 6.71. The van der Waals surface area contributed by atoms with E-state index in [1.54, 1.807) is 12.1 Å². The van der Waals surface area contributed by atoms with E-state index < -0.39 is 0 Å². The minimum atomic E-state index is -0.265. The smallest absolute Gasteiger partial charge is 0.257 e. The Kier molecular flexibility index (Phi) is 16.0. The van der Waals surface area contributed by atoms with Crippen molar-refractivity contribution in [1.29, 1.82) is 0 Å². The van der Waals surface area contributed by atoms with Crippen LogP contribution in [0.25, 0.3) is 10.9 Å². The number of fused-ring (bicyclic) bond motifs is 1. The van der Waals surface area contributed by atoms with Gasteiger partial charge in [-0.25, -0.2) is 4.98 Å². The lowest BCUT2D eigenvalue weighted by molar-refractivity contribution is 0.0976. The number of nitrogens with one attached hydrogen (secondary N) is 1. The molecular formula is C34H42BrN7O. The fraction of sp³-hybridized carbons (Fsp3) is 0.235. The van der Waals surface area contributed by atoms with Gasteiger partial charge in [-0.05, 0) is 74.6 Å². The molecule has 4 aromatic rings. The van der Waals surface area contributed by atoms with Gasteiger partial charge in [-0.1, -0.05) is 84.4 Å². The van der Waals surface area contributed by atoms with Crippen LogP contribution in [0.2, 0.25) is 0 Å². The third-order valence-electron chi connectivity index (χ3n) is 6.10. The van der Waals surface area contributed by atoms with Gasteiger partial charge >= 0.3 is 0 Å². The summed E-state index contributed by atoms with van der Waals surface area (Å²) >= 11 is 3.50. The van der Waals surface area contributed by atoms with Crippen LogP contribution < -0.4 is 21.7 Å². The average molecular weight is 645 g/mol. The van der Waals surface area contributed by atoms with Crippen molar-refractivity contribution in [3.05, 3.63) is 119 Å². The third kappa shape index (κ3) is 12.6. The van der Waals surface area contributed by atoms with Gasteiger partial charge in [0.25, 0.3) is 5.91 Å². The zero-order valence-corrected chi connectivity index (χ0v) is 26.6. The molecule has 3 aromatic carbocycles. The van der Waals surface area contributed by atoms with Crippen molar-refractivity contribution in [2.45, 2.75) is 32.7 Å². The van der Waals surface area contributed by atoms with Gasteiger partial charge in [0.1, 0.15) is 5.82 Å². The monoisotopic (exact) mass is 643 g/mol. The molecule has 0 spiro atoms. The number of allylic oxidation sites excluding steroid dienone is 1. The van der Waals surface area contributed by atoms with E-state index in [-0.39, 0.29) is 11.9 Å². The summed E-state index contributed by atoms with van der Waals surface area (Å²) in [7, 11) is 1.50. The van der Waals surface area contributed by atoms with E-state index in [9.17, 15) is 4.79 Å². The highest BCUT2D eigenvalue weighted by molar-refractivity contribution is 9.10. The number of benzene rings is 3. The van der Waals surface area contributed by atoms with Crippen LogP contribution in [0.1, 0.15) is 42.1 Å². The number of hydrogen-bond acceptors (Lipinski definition) is 6. The molecule has 1 heterocycles. The number of aliphatic imine (C=N–C) groups is 2. The van der Waals surface area contributed by atoms with Gasteiger partial charge in [-0.3, -0.25) is 20.1 Å². The Hall–Kier alpha value is -4.34. The maximum Gasteiger partial charge on any atom is 0.257 e. The van der Waals surface area contributed by atoms with Gasteiger partial charge in [-0.15, -0.1) is 0 Å². The van der Waals surface area contributed by atoms with Gasteiger partial charge < -0.3 is 16.4 Å². The second-order valence-electron chi connectivity index (χ2n) is 9.33. The van der Waals surface area contributed by atoms with Gasteiger partial charge in [0.05, 0.1) is 5.52 Å². The number of nitrogens with zero attached hydrogens (tertiary/aromatic N) is 4. The number of carbonyl (C=O) groups excluding carboxylic acids is 1. The first-order valence-corrected chi connectivity index (χ1v) is 14.9. The van der Waals surface area contributed by atoms with E-state index in [0.29, 0.717) is 12.1 Å². The summed E-state index contributed by atoms with van der Waals surface area (Å²) in [5.74, 6) is 0.771. The lowest BCUT2D eigenvalue weighted by Crippen LogP contribution is -2.37. The number of rotatable bonds is 11. The number of nitrogens with two attached hydrogens (primary N) is 2. The normalized spacial score (nSPS) is 10.5. The van der Waals surface area contributed by atoms with E-state index in [2.05, 4.69) is 92.4 Å². The Morgan fingerprint density at radius 1 is 0.977 bits per heavy atom. The number of aromatic nitrogens is 1. The van der Waals surface area contributed by atoms with Crippen molar-refractivity contribution in [2.24, 2.45) is 21.5 Å². The van der Waals surface area contributed by atoms with Crippen molar-refractivity contribution < 1.29 is 4.79 Å². The quantitative estimate of drug-likeness (QED) is 0.0952. The van der Waals surface area contributed by atoms with E-state index in [0.717, 1.165) is 59.2 Å². The molecule has 1 aromatic heterocycles.